The molecule has 0 aromatic heterocycles. The molecule has 0 aliphatic heterocycles. The average molecular weight is 159 g/mol. The van der Waals surface area contributed by atoms with E-state index in [1.807, 2.05) is 0 Å². The van der Waals surface area contributed by atoms with Gasteiger partial charge in [-0.2, -0.15) is 0 Å². The monoisotopic (exact) mass is 157 g/mol. The molecule has 0 nitrogen and oxygen atoms in total. The van der Waals surface area contributed by atoms with Crippen LogP contribution in [-0.4, -0.2) is 0 Å². The van der Waals surface area contributed by atoms with Gasteiger partial charge in [0.25, 0.3) is 0 Å². The van der Waals surface area contributed by atoms with Crippen LogP contribution in [0.2, 0.25) is 4.01 Å². The molecule has 0 unspecified atom stereocenters. The van der Waals surface area contributed by atoms with Crippen molar-refractivity contribution in [3.05, 3.63) is 0 Å². The van der Waals surface area contributed by atoms with E-state index < -0.39 is 0 Å². The first-order valence-corrected chi connectivity index (χ1v) is 3.34. The fourth-order valence-electron chi connectivity index (χ4n) is 0. The van der Waals surface area contributed by atoms with E-state index in [1.165, 1.54) is 18.3 Å². The van der Waals surface area contributed by atoms with Gasteiger partial charge < -0.3 is 0 Å². The molecule has 0 amide bonds. The average Bonchev–Trinajstić information content (AvgIpc) is 0.722. The largest absolute Gasteiger partial charge is 0.147 e. The van der Waals surface area contributed by atoms with Gasteiger partial charge in [-0.05, 0) is 0 Å². The first-order chi connectivity index (χ1) is 2.00. The molecule has 0 aliphatic carbocycles. The maximum absolute atomic E-state index is 2.24. The summed E-state index contributed by atoms with van der Waals surface area (Å²) in [6.45, 7) is 6.73. The fraction of sp³-hybridized carbons (Fsp3) is 1.00. The van der Waals surface area contributed by atoms with Gasteiger partial charge in [-0.1, -0.05) is 0 Å². The first kappa shape index (κ1) is 10.0. The number of hydrogen-bond acceptors (Lipinski definition) is 0. The molecule has 0 atom stereocenters. The fourth-order valence-corrected chi connectivity index (χ4v) is 0. The summed E-state index contributed by atoms with van der Waals surface area (Å²) in [5.74, 6) is 0. The standard InChI is InChI=1S/C4H9.ClH.Zn/c1-4(2)3;;/h1-3H3;1H;. The zero-order valence-corrected chi connectivity index (χ0v) is 8.40. The second-order valence-electron chi connectivity index (χ2n) is 2.56. The van der Waals surface area contributed by atoms with Crippen molar-refractivity contribution in [2.24, 2.45) is 0 Å². The van der Waals surface area contributed by atoms with Crippen molar-refractivity contribution in [2.45, 2.75) is 24.8 Å². The molecule has 0 aliphatic rings. The molecule has 0 saturated carbocycles. The van der Waals surface area contributed by atoms with Gasteiger partial charge in [0, 0.05) is 0 Å². The van der Waals surface area contributed by atoms with Crippen LogP contribution in [0.4, 0.5) is 0 Å². The summed E-state index contributed by atoms with van der Waals surface area (Å²) in [5, 5.41) is 0. The molecule has 0 aromatic carbocycles. The predicted octanol–water partition coefficient (Wildman–Crippen LogP) is 2.17. The molecule has 2 heteroatoms. The molecule has 0 radical (unpaired) electrons. The number of hydrogen-bond donors (Lipinski definition) is 0. The second-order valence-corrected chi connectivity index (χ2v) is 7.01. The summed E-state index contributed by atoms with van der Waals surface area (Å²) in [6.07, 6.45) is 0. The van der Waals surface area contributed by atoms with E-state index in [9.17, 15) is 0 Å². The topological polar surface area (TPSA) is 0 Å². The van der Waals surface area contributed by atoms with E-state index in [4.69, 9.17) is 0 Å². The molecule has 0 N–H and O–H groups in total. The Morgan fingerprint density at radius 1 is 1.17 bits per heavy atom. The van der Waals surface area contributed by atoms with Crippen molar-refractivity contribution in [3.8, 4) is 0 Å². The number of rotatable bonds is 0. The third-order valence-corrected chi connectivity index (χ3v) is 0. The van der Waals surface area contributed by atoms with Crippen LogP contribution in [0.5, 0.6) is 0 Å². The van der Waals surface area contributed by atoms with Crippen molar-refractivity contribution < 1.29 is 18.3 Å². The summed E-state index contributed by atoms with van der Waals surface area (Å²) in [4.78, 5) is 0. The maximum Gasteiger partial charge on any atom is -0.147 e. The molecule has 0 fully saturated rings. The van der Waals surface area contributed by atoms with E-state index >= 15 is 0 Å². The normalized spacial score (nSPS) is 10.2. The van der Waals surface area contributed by atoms with Crippen molar-refractivity contribution >= 4 is 12.4 Å². The van der Waals surface area contributed by atoms with Crippen LogP contribution >= 0.6 is 12.4 Å². The molecule has 0 rings (SSSR count). The molecule has 6 heavy (non-hydrogen) atoms. The Labute approximate surface area is 55.8 Å². The van der Waals surface area contributed by atoms with E-state index in [2.05, 4.69) is 20.8 Å². The first-order valence-electron chi connectivity index (χ1n) is 1.85. The Bertz CT molecular complexity index is 23.0. The Morgan fingerprint density at radius 3 is 1.17 bits per heavy atom. The minimum absolute atomic E-state index is 0. The Morgan fingerprint density at radius 2 is 1.17 bits per heavy atom. The molecular weight excluding hydrogens is 149 g/mol. The molecule has 0 aromatic rings. The third-order valence-electron chi connectivity index (χ3n) is 0. The van der Waals surface area contributed by atoms with Crippen LogP contribution in [0.25, 0.3) is 0 Å². The van der Waals surface area contributed by atoms with Gasteiger partial charge >= 0.3 is 43.1 Å². The minimum Gasteiger partial charge on any atom is -0.147 e. The second kappa shape index (κ2) is 2.99. The van der Waals surface area contributed by atoms with Gasteiger partial charge in [0.15, 0.2) is 0 Å². The van der Waals surface area contributed by atoms with Gasteiger partial charge in [0.05, 0.1) is 0 Å². The molecule has 0 heterocycles. The summed E-state index contributed by atoms with van der Waals surface area (Å²) in [5.41, 5.74) is 0. The quantitative estimate of drug-likeness (QED) is 0.475. The van der Waals surface area contributed by atoms with E-state index in [1.54, 1.807) is 0 Å². The predicted molar refractivity (Wildman–Crippen MR) is 27.0 cm³/mol. The van der Waals surface area contributed by atoms with Crippen molar-refractivity contribution in [1.29, 1.82) is 0 Å². The van der Waals surface area contributed by atoms with Crippen LogP contribution in [0, 0.1) is 0 Å². The van der Waals surface area contributed by atoms with Crippen LogP contribution in [0.3, 0.4) is 0 Å². The summed E-state index contributed by atoms with van der Waals surface area (Å²) in [7, 11) is 0. The van der Waals surface area contributed by atoms with Gasteiger partial charge in [0.1, 0.15) is 0 Å². The summed E-state index contributed by atoms with van der Waals surface area (Å²) < 4.78 is 0.625. The SMILES string of the molecule is C[C](C)(C)[Zn].Cl. The number of halogens is 1. The maximum atomic E-state index is 2.24. The Hall–Kier alpha value is 0.913. The van der Waals surface area contributed by atoms with Crippen LogP contribution in [-0.2, 0) is 18.3 Å². The van der Waals surface area contributed by atoms with E-state index in [-0.39, 0.29) is 12.4 Å². The van der Waals surface area contributed by atoms with Crippen LogP contribution in [0.1, 0.15) is 20.8 Å². The molecular formula is C4H10ClZn. The van der Waals surface area contributed by atoms with Crippen LogP contribution in [0.15, 0.2) is 0 Å². The van der Waals surface area contributed by atoms with Gasteiger partial charge in [-0.3, -0.25) is 0 Å². The molecule has 0 saturated heterocycles. The Balaban J connectivity index is 0. The van der Waals surface area contributed by atoms with Crippen molar-refractivity contribution in [2.75, 3.05) is 0 Å². The molecule has 0 bridgehead atoms. The molecule has 0 spiro atoms. The van der Waals surface area contributed by atoms with Gasteiger partial charge in [-0.25, -0.2) is 0 Å². The van der Waals surface area contributed by atoms with Gasteiger partial charge in [0.2, 0.25) is 0 Å². The zero-order chi connectivity index (χ0) is 4.50. The van der Waals surface area contributed by atoms with Crippen LogP contribution < -0.4 is 0 Å². The Kier molecular flexibility index (Phi) is 4.98. The zero-order valence-electron chi connectivity index (χ0n) is 4.62. The van der Waals surface area contributed by atoms with Crippen molar-refractivity contribution in [3.63, 3.8) is 0 Å². The summed E-state index contributed by atoms with van der Waals surface area (Å²) in [6, 6.07) is 0. The smallest absolute Gasteiger partial charge is 0.147 e. The minimum atomic E-state index is 0. The third kappa shape index (κ3) is 90.2. The van der Waals surface area contributed by atoms with Crippen molar-refractivity contribution in [1.82, 2.24) is 0 Å². The van der Waals surface area contributed by atoms with Gasteiger partial charge in [-0.15, -0.1) is 12.4 Å². The van der Waals surface area contributed by atoms with E-state index in [0.29, 0.717) is 4.01 Å². The molecule has 35 valence electrons. The summed E-state index contributed by atoms with van der Waals surface area (Å²) >= 11 is 1.40. The van der Waals surface area contributed by atoms with E-state index in [0.717, 1.165) is 0 Å².